The number of thiol groups is 1. The average molecular weight is 270 g/mol. The van der Waals surface area contributed by atoms with E-state index in [4.69, 9.17) is 0 Å². The van der Waals surface area contributed by atoms with Crippen LogP contribution >= 0.6 is 24.0 Å². The van der Waals surface area contributed by atoms with Crippen molar-refractivity contribution < 1.29 is 4.79 Å². The largest absolute Gasteiger partial charge is 0.340 e. The van der Waals surface area contributed by atoms with Crippen molar-refractivity contribution in [2.45, 2.75) is 32.7 Å². The van der Waals surface area contributed by atoms with Crippen LogP contribution in [0.3, 0.4) is 0 Å². The molecule has 1 amide bonds. The van der Waals surface area contributed by atoms with Crippen molar-refractivity contribution in [3.05, 3.63) is 16.1 Å². The van der Waals surface area contributed by atoms with Gasteiger partial charge >= 0.3 is 0 Å². The minimum absolute atomic E-state index is 0.201. The molecular weight excluding hydrogens is 252 g/mol. The number of aromatic nitrogens is 1. The molecule has 0 saturated heterocycles. The van der Waals surface area contributed by atoms with E-state index >= 15 is 0 Å². The second kappa shape index (κ2) is 4.98. The summed E-state index contributed by atoms with van der Waals surface area (Å²) in [6, 6.07) is 0. The number of thiazole rings is 1. The van der Waals surface area contributed by atoms with Crippen molar-refractivity contribution in [2.75, 3.05) is 12.8 Å². The predicted molar refractivity (Wildman–Crippen MR) is 73.5 cm³/mol. The normalized spacial score (nSPS) is 16.9. The van der Waals surface area contributed by atoms with Crippen molar-refractivity contribution >= 4 is 29.9 Å². The fourth-order valence-electron chi connectivity index (χ4n) is 1.84. The number of hydrogen-bond donors (Lipinski definition) is 1. The van der Waals surface area contributed by atoms with E-state index in [9.17, 15) is 4.79 Å². The van der Waals surface area contributed by atoms with Crippen LogP contribution in [-0.4, -0.2) is 28.6 Å². The van der Waals surface area contributed by atoms with Crippen LogP contribution < -0.4 is 0 Å². The Kier molecular flexibility index (Phi) is 3.78. The van der Waals surface area contributed by atoms with Gasteiger partial charge in [-0.1, -0.05) is 0 Å². The van der Waals surface area contributed by atoms with E-state index in [1.807, 2.05) is 19.4 Å². The molecule has 0 radical (unpaired) electrons. The Hall–Kier alpha value is -0.550. The van der Waals surface area contributed by atoms with Crippen LogP contribution in [0.25, 0.3) is 0 Å². The second-order valence-electron chi connectivity index (χ2n) is 4.94. The fraction of sp³-hybridized carbons (Fsp3) is 0.667. The molecule has 0 bridgehead atoms. The van der Waals surface area contributed by atoms with E-state index in [0.29, 0.717) is 13.0 Å². The third kappa shape index (κ3) is 3.22. The average Bonchev–Trinajstić information content (AvgIpc) is 2.95. The zero-order chi connectivity index (χ0) is 12.5. The topological polar surface area (TPSA) is 33.2 Å². The Labute approximate surface area is 112 Å². The van der Waals surface area contributed by atoms with Crippen molar-refractivity contribution in [3.8, 4) is 0 Å². The lowest BCUT2D eigenvalue weighted by atomic mass is 10.0. The summed E-state index contributed by atoms with van der Waals surface area (Å²) in [5.41, 5.74) is 1.19. The summed E-state index contributed by atoms with van der Waals surface area (Å²) < 4.78 is 0. The molecule has 1 aliphatic carbocycles. The van der Waals surface area contributed by atoms with Gasteiger partial charge in [0.25, 0.3) is 0 Å². The predicted octanol–water partition coefficient (Wildman–Crippen LogP) is 2.51. The molecule has 0 unspecified atom stereocenters. The molecule has 3 nitrogen and oxygen atoms in total. The molecule has 94 valence electrons. The standard InChI is InChI=1S/C12H18N2OS2/c1-9-13-10(7-17-9)6-14(2)11(15)5-12(8-16)3-4-12/h7,16H,3-6,8H2,1-2H3. The Morgan fingerprint density at radius 2 is 2.35 bits per heavy atom. The highest BCUT2D eigenvalue weighted by atomic mass is 32.1. The van der Waals surface area contributed by atoms with Crippen molar-refractivity contribution in [1.82, 2.24) is 9.88 Å². The van der Waals surface area contributed by atoms with E-state index < -0.39 is 0 Å². The Bertz CT molecular complexity index is 412. The Morgan fingerprint density at radius 1 is 1.65 bits per heavy atom. The van der Waals surface area contributed by atoms with Gasteiger partial charge in [0.05, 0.1) is 17.2 Å². The lowest BCUT2D eigenvalue weighted by molar-refractivity contribution is -0.131. The zero-order valence-corrected chi connectivity index (χ0v) is 12.0. The van der Waals surface area contributed by atoms with Gasteiger partial charge in [-0.05, 0) is 30.9 Å². The maximum absolute atomic E-state index is 12.0. The number of rotatable bonds is 5. The molecule has 0 atom stereocenters. The summed E-state index contributed by atoms with van der Waals surface area (Å²) in [6.45, 7) is 2.60. The van der Waals surface area contributed by atoms with E-state index in [1.165, 1.54) is 0 Å². The molecule has 1 aliphatic rings. The summed E-state index contributed by atoms with van der Waals surface area (Å²) in [4.78, 5) is 18.2. The minimum atomic E-state index is 0.201. The minimum Gasteiger partial charge on any atom is -0.340 e. The number of carbonyl (C=O) groups is 1. The summed E-state index contributed by atoms with van der Waals surface area (Å²) in [6.07, 6.45) is 2.92. The first-order chi connectivity index (χ1) is 8.04. The van der Waals surface area contributed by atoms with E-state index in [-0.39, 0.29) is 11.3 Å². The van der Waals surface area contributed by atoms with Crippen LogP contribution in [0.5, 0.6) is 0 Å². The molecule has 0 aliphatic heterocycles. The van der Waals surface area contributed by atoms with Gasteiger partial charge in [-0.2, -0.15) is 12.6 Å². The second-order valence-corrected chi connectivity index (χ2v) is 6.32. The van der Waals surface area contributed by atoms with Crippen LogP contribution in [-0.2, 0) is 11.3 Å². The van der Waals surface area contributed by atoms with Crippen LogP contribution in [0, 0.1) is 12.3 Å². The van der Waals surface area contributed by atoms with Gasteiger partial charge in [0, 0.05) is 18.8 Å². The van der Waals surface area contributed by atoms with Gasteiger partial charge in [-0.25, -0.2) is 4.98 Å². The smallest absolute Gasteiger partial charge is 0.223 e. The molecule has 1 fully saturated rings. The number of hydrogen-bond acceptors (Lipinski definition) is 4. The molecule has 1 saturated carbocycles. The third-order valence-corrected chi connectivity index (χ3v) is 4.80. The van der Waals surface area contributed by atoms with Crippen LogP contribution in [0.2, 0.25) is 0 Å². The van der Waals surface area contributed by atoms with E-state index in [0.717, 1.165) is 29.3 Å². The third-order valence-electron chi connectivity index (χ3n) is 3.31. The molecule has 1 aromatic rings. The maximum atomic E-state index is 12.0. The Morgan fingerprint density at radius 3 is 2.82 bits per heavy atom. The highest BCUT2D eigenvalue weighted by Gasteiger charge is 2.43. The maximum Gasteiger partial charge on any atom is 0.223 e. The SMILES string of the molecule is Cc1nc(CN(C)C(=O)CC2(CS)CC2)cs1. The quantitative estimate of drug-likeness (QED) is 0.834. The highest BCUT2D eigenvalue weighted by Crippen LogP contribution is 2.49. The summed E-state index contributed by atoms with van der Waals surface area (Å²) in [5.74, 6) is 1.03. The number of aryl methyl sites for hydroxylation is 1. The molecule has 17 heavy (non-hydrogen) atoms. The molecule has 0 aromatic carbocycles. The summed E-state index contributed by atoms with van der Waals surface area (Å²) in [5, 5.41) is 3.07. The van der Waals surface area contributed by atoms with Gasteiger partial charge < -0.3 is 4.90 Å². The van der Waals surface area contributed by atoms with Gasteiger partial charge in [0.15, 0.2) is 0 Å². The first kappa shape index (κ1) is 12.9. The number of nitrogens with zero attached hydrogens (tertiary/aromatic N) is 2. The fourth-order valence-corrected chi connectivity index (χ4v) is 2.87. The molecule has 1 heterocycles. The first-order valence-electron chi connectivity index (χ1n) is 5.80. The van der Waals surface area contributed by atoms with Gasteiger partial charge in [0.2, 0.25) is 5.91 Å². The lowest BCUT2D eigenvalue weighted by Crippen LogP contribution is -2.29. The van der Waals surface area contributed by atoms with Gasteiger partial charge in [-0.3, -0.25) is 4.79 Å². The number of amides is 1. The highest BCUT2D eigenvalue weighted by molar-refractivity contribution is 7.80. The van der Waals surface area contributed by atoms with Crippen LogP contribution in [0.15, 0.2) is 5.38 Å². The Balaban J connectivity index is 1.87. The molecule has 0 N–H and O–H groups in total. The zero-order valence-electron chi connectivity index (χ0n) is 10.3. The van der Waals surface area contributed by atoms with Gasteiger partial charge in [-0.15, -0.1) is 11.3 Å². The van der Waals surface area contributed by atoms with E-state index in [1.54, 1.807) is 16.2 Å². The monoisotopic (exact) mass is 270 g/mol. The molecular formula is C12H18N2OS2. The van der Waals surface area contributed by atoms with Crippen molar-refractivity contribution in [3.63, 3.8) is 0 Å². The van der Waals surface area contributed by atoms with Gasteiger partial charge in [0.1, 0.15) is 0 Å². The van der Waals surface area contributed by atoms with Crippen LogP contribution in [0.4, 0.5) is 0 Å². The first-order valence-corrected chi connectivity index (χ1v) is 7.32. The molecule has 2 rings (SSSR count). The van der Waals surface area contributed by atoms with Crippen molar-refractivity contribution in [1.29, 1.82) is 0 Å². The summed E-state index contributed by atoms with van der Waals surface area (Å²) >= 11 is 5.95. The molecule has 1 aromatic heterocycles. The van der Waals surface area contributed by atoms with E-state index in [2.05, 4.69) is 17.6 Å². The van der Waals surface area contributed by atoms with Crippen LogP contribution in [0.1, 0.15) is 30.0 Å². The number of carbonyl (C=O) groups excluding carboxylic acids is 1. The van der Waals surface area contributed by atoms with Crippen molar-refractivity contribution in [2.24, 2.45) is 5.41 Å². The summed E-state index contributed by atoms with van der Waals surface area (Å²) in [7, 11) is 1.85. The molecule has 5 heteroatoms. The lowest BCUT2D eigenvalue weighted by Gasteiger charge is -2.19. The molecule has 0 spiro atoms.